The Hall–Kier alpha value is -2.84. The number of halogens is 5. The van der Waals surface area contributed by atoms with E-state index in [0.29, 0.717) is 22.2 Å². The zero-order valence-corrected chi connectivity index (χ0v) is 17.3. The van der Waals surface area contributed by atoms with E-state index >= 15 is 0 Å². The van der Waals surface area contributed by atoms with Gasteiger partial charge in [0.2, 0.25) is 5.95 Å². The van der Waals surface area contributed by atoms with Gasteiger partial charge in [-0.05, 0) is 35.2 Å². The number of benzene rings is 2. The number of amides is 2. The van der Waals surface area contributed by atoms with E-state index in [1.165, 1.54) is 0 Å². The van der Waals surface area contributed by atoms with Gasteiger partial charge in [-0.25, -0.2) is 14.8 Å². The molecule has 1 atom stereocenters. The first-order valence-corrected chi connectivity index (χ1v) is 9.98. The second-order valence-electron chi connectivity index (χ2n) is 7.01. The predicted molar refractivity (Wildman–Crippen MR) is 113 cm³/mol. The summed E-state index contributed by atoms with van der Waals surface area (Å²) in [4.78, 5) is 20.2. The third-order valence-electron chi connectivity index (χ3n) is 4.90. The van der Waals surface area contributed by atoms with E-state index in [9.17, 15) is 18.0 Å². The number of nitrogens with one attached hydrogen (secondary N) is 2. The molecule has 5 nitrogen and oxygen atoms in total. The van der Waals surface area contributed by atoms with Crippen LogP contribution >= 0.6 is 23.2 Å². The lowest BCUT2D eigenvalue weighted by Crippen LogP contribution is -2.37. The molecular weight excluding hydrogens is 452 g/mol. The first-order valence-electron chi connectivity index (χ1n) is 9.23. The van der Waals surface area contributed by atoms with Gasteiger partial charge in [0.05, 0.1) is 15.7 Å². The lowest BCUT2D eigenvalue weighted by Gasteiger charge is -2.27. The average molecular weight is 467 g/mol. The summed E-state index contributed by atoms with van der Waals surface area (Å²) >= 11 is 12.3. The molecule has 0 fully saturated rings. The molecule has 0 spiro atoms. The number of hydrogen-bond acceptors (Lipinski definition) is 3. The minimum atomic E-state index is -4.51. The van der Waals surface area contributed by atoms with Crippen LogP contribution in [0.15, 0.2) is 48.7 Å². The Bertz CT molecular complexity index is 1150. The van der Waals surface area contributed by atoms with Crippen molar-refractivity contribution in [1.82, 2.24) is 15.3 Å². The highest BCUT2D eigenvalue weighted by Gasteiger charge is 2.29. The largest absolute Gasteiger partial charge is 0.405 e. The fourth-order valence-electron chi connectivity index (χ4n) is 3.55. The number of rotatable bonds is 3. The standard InChI is InChI=1S/C21H15Cl2F3N4O/c22-16-6-5-11(8-17(16)23)15-7-12-9-27-19(30-20(31)28-10-21(24,25)26)29-18(12)14-4-2-1-3-13(14)15/h1-6,8-9,15H,7,10H2,(H2,27,28,29,30,31). The van der Waals surface area contributed by atoms with Gasteiger partial charge in [-0.2, -0.15) is 13.2 Å². The fraction of sp³-hybridized carbons (Fsp3) is 0.190. The zero-order valence-electron chi connectivity index (χ0n) is 15.8. The van der Waals surface area contributed by atoms with E-state index in [1.807, 2.05) is 36.4 Å². The molecule has 31 heavy (non-hydrogen) atoms. The topological polar surface area (TPSA) is 66.9 Å². The van der Waals surface area contributed by atoms with Gasteiger partial charge in [0.15, 0.2) is 0 Å². The summed E-state index contributed by atoms with van der Waals surface area (Å²) in [5.41, 5.74) is 4.31. The minimum Gasteiger partial charge on any atom is -0.329 e. The maximum atomic E-state index is 12.3. The third kappa shape index (κ3) is 4.75. The summed E-state index contributed by atoms with van der Waals surface area (Å²) < 4.78 is 36.8. The van der Waals surface area contributed by atoms with Crippen molar-refractivity contribution in [3.8, 4) is 11.3 Å². The molecule has 4 rings (SSSR count). The number of carbonyl (C=O) groups is 1. The van der Waals surface area contributed by atoms with Gasteiger partial charge < -0.3 is 5.32 Å². The first kappa shape index (κ1) is 21.4. The Kier molecular flexibility index (Phi) is 5.77. The molecule has 2 amide bonds. The Morgan fingerprint density at radius 3 is 2.65 bits per heavy atom. The number of hydrogen-bond donors (Lipinski definition) is 2. The van der Waals surface area contributed by atoms with Gasteiger partial charge in [-0.15, -0.1) is 0 Å². The fourth-order valence-corrected chi connectivity index (χ4v) is 3.86. The normalized spacial score (nSPS) is 15.1. The number of carbonyl (C=O) groups excluding carboxylic acids is 1. The van der Waals surface area contributed by atoms with E-state index in [-0.39, 0.29) is 11.9 Å². The third-order valence-corrected chi connectivity index (χ3v) is 5.64. The Balaban J connectivity index is 1.64. The highest BCUT2D eigenvalue weighted by atomic mass is 35.5. The van der Waals surface area contributed by atoms with Crippen LogP contribution in [0.4, 0.5) is 23.9 Å². The highest BCUT2D eigenvalue weighted by Crippen LogP contribution is 2.42. The maximum Gasteiger partial charge on any atom is 0.405 e. The maximum absolute atomic E-state index is 12.3. The summed E-state index contributed by atoms with van der Waals surface area (Å²) in [6.07, 6.45) is -2.35. The smallest absolute Gasteiger partial charge is 0.329 e. The second-order valence-corrected chi connectivity index (χ2v) is 7.82. The van der Waals surface area contributed by atoms with Crippen molar-refractivity contribution in [2.45, 2.75) is 18.5 Å². The van der Waals surface area contributed by atoms with Crippen LogP contribution < -0.4 is 10.6 Å². The van der Waals surface area contributed by atoms with Crippen LogP contribution in [0.25, 0.3) is 11.3 Å². The zero-order chi connectivity index (χ0) is 22.2. The number of fused-ring (bicyclic) bond motifs is 3. The molecule has 0 saturated carbocycles. The quantitative estimate of drug-likeness (QED) is 0.510. The van der Waals surface area contributed by atoms with Crippen LogP contribution in [0.3, 0.4) is 0 Å². The SMILES string of the molecule is O=C(NCC(F)(F)F)Nc1ncc2c(n1)-c1ccccc1C(c1ccc(Cl)c(Cl)c1)C2. The summed E-state index contributed by atoms with van der Waals surface area (Å²) in [5.74, 6) is -0.0859. The molecule has 160 valence electrons. The number of urea groups is 1. The molecule has 0 aliphatic heterocycles. The molecule has 3 aromatic rings. The van der Waals surface area contributed by atoms with Gasteiger partial charge in [-0.3, -0.25) is 5.32 Å². The molecule has 2 N–H and O–H groups in total. The molecule has 1 aliphatic carbocycles. The van der Waals surface area contributed by atoms with E-state index in [0.717, 1.165) is 22.3 Å². The summed E-state index contributed by atoms with van der Waals surface area (Å²) in [6.45, 7) is -1.45. The molecule has 1 unspecified atom stereocenters. The van der Waals surface area contributed by atoms with Crippen molar-refractivity contribution in [1.29, 1.82) is 0 Å². The number of anilines is 1. The molecule has 0 bridgehead atoms. The van der Waals surface area contributed by atoms with Gasteiger partial charge in [0.25, 0.3) is 0 Å². The number of alkyl halides is 3. The summed E-state index contributed by atoms with van der Waals surface area (Å²) in [7, 11) is 0. The van der Waals surface area contributed by atoms with Crippen molar-refractivity contribution in [2.75, 3.05) is 11.9 Å². The van der Waals surface area contributed by atoms with Crippen LogP contribution in [0.1, 0.15) is 22.6 Å². The van der Waals surface area contributed by atoms with Crippen LogP contribution in [0.2, 0.25) is 10.0 Å². The summed E-state index contributed by atoms with van der Waals surface area (Å²) in [5, 5.41) is 4.91. The van der Waals surface area contributed by atoms with E-state index in [1.54, 1.807) is 17.6 Å². The van der Waals surface area contributed by atoms with Gasteiger partial charge in [0.1, 0.15) is 6.54 Å². The predicted octanol–water partition coefficient (Wildman–Crippen LogP) is 5.82. The first-order chi connectivity index (χ1) is 14.7. The highest BCUT2D eigenvalue weighted by molar-refractivity contribution is 6.42. The minimum absolute atomic E-state index is 0.00374. The van der Waals surface area contributed by atoms with Crippen LogP contribution in [0, 0.1) is 0 Å². The van der Waals surface area contributed by atoms with Gasteiger partial charge >= 0.3 is 12.2 Å². The molecule has 10 heteroatoms. The lowest BCUT2D eigenvalue weighted by atomic mass is 9.78. The lowest BCUT2D eigenvalue weighted by molar-refractivity contribution is -0.122. The van der Waals surface area contributed by atoms with E-state index < -0.39 is 18.8 Å². The number of aromatic nitrogens is 2. The van der Waals surface area contributed by atoms with Crippen molar-refractivity contribution in [3.63, 3.8) is 0 Å². The van der Waals surface area contributed by atoms with Gasteiger partial charge in [-0.1, -0.05) is 53.5 Å². The van der Waals surface area contributed by atoms with Crippen LogP contribution in [0.5, 0.6) is 0 Å². The second kappa shape index (κ2) is 8.36. The molecule has 2 aromatic carbocycles. The number of nitrogens with zero attached hydrogens (tertiary/aromatic N) is 2. The van der Waals surface area contributed by atoms with Crippen molar-refractivity contribution in [3.05, 3.63) is 75.4 Å². The Morgan fingerprint density at radius 1 is 1.13 bits per heavy atom. The monoisotopic (exact) mass is 466 g/mol. The van der Waals surface area contributed by atoms with Crippen LogP contribution in [-0.4, -0.2) is 28.7 Å². The molecule has 1 aromatic heterocycles. The summed E-state index contributed by atoms with van der Waals surface area (Å²) in [6, 6.07) is 12.1. The van der Waals surface area contributed by atoms with Crippen molar-refractivity contribution in [2.24, 2.45) is 0 Å². The van der Waals surface area contributed by atoms with E-state index in [2.05, 4.69) is 15.3 Å². The van der Waals surface area contributed by atoms with Crippen LogP contribution in [-0.2, 0) is 6.42 Å². The average Bonchev–Trinajstić information content (AvgIpc) is 2.73. The molecule has 1 aliphatic rings. The Morgan fingerprint density at radius 2 is 1.90 bits per heavy atom. The molecular formula is C21H15Cl2F3N4O. The molecule has 0 saturated heterocycles. The van der Waals surface area contributed by atoms with Crippen molar-refractivity contribution >= 4 is 35.2 Å². The van der Waals surface area contributed by atoms with E-state index in [4.69, 9.17) is 23.2 Å². The molecule has 0 radical (unpaired) electrons. The van der Waals surface area contributed by atoms with Gasteiger partial charge in [0, 0.05) is 17.7 Å². The van der Waals surface area contributed by atoms with Crippen molar-refractivity contribution < 1.29 is 18.0 Å². The Labute approximate surface area is 185 Å². The molecule has 1 heterocycles.